The number of carbonyl (C=O) groups is 1. The number of nitrogens with zero attached hydrogens (tertiary/aromatic N) is 2. The van der Waals surface area contributed by atoms with Crippen LogP contribution in [0.1, 0.15) is 29.8 Å². The highest BCUT2D eigenvalue weighted by atomic mass is 16.5. The van der Waals surface area contributed by atoms with Crippen molar-refractivity contribution in [2.75, 3.05) is 25.7 Å². The third-order valence-electron chi connectivity index (χ3n) is 2.33. The third kappa shape index (κ3) is 5.07. The van der Waals surface area contributed by atoms with Crippen molar-refractivity contribution in [2.45, 2.75) is 19.3 Å². The van der Waals surface area contributed by atoms with Crippen molar-refractivity contribution in [1.29, 1.82) is 0 Å². The van der Waals surface area contributed by atoms with Crippen LogP contribution in [0.5, 0.6) is 0 Å². The molecule has 0 aromatic carbocycles. The molecule has 0 spiro atoms. The van der Waals surface area contributed by atoms with Gasteiger partial charge in [-0.05, 0) is 19.3 Å². The highest BCUT2D eigenvalue weighted by Crippen LogP contribution is 2.00. The normalized spacial score (nSPS) is 10.1. The maximum Gasteiger partial charge on any atom is 0.271 e. The Morgan fingerprint density at radius 1 is 1.39 bits per heavy atom. The molecule has 0 aliphatic rings. The van der Waals surface area contributed by atoms with Crippen LogP contribution in [0.4, 0.5) is 5.82 Å². The minimum Gasteiger partial charge on any atom is -0.385 e. The standard InChI is InChI=1S/C11H19N5O2/c1-18-6-4-2-3-5-14-11(17)9-7-13-8-10(15-9)16-12/h7-8H,2-6,12H2,1H3,(H,14,17)(H,15,16). The summed E-state index contributed by atoms with van der Waals surface area (Å²) in [5, 5.41) is 2.78. The maximum absolute atomic E-state index is 11.7. The number of ether oxygens (including phenoxy) is 1. The first-order valence-electron chi connectivity index (χ1n) is 5.83. The first-order chi connectivity index (χ1) is 8.77. The van der Waals surface area contributed by atoms with Crippen LogP contribution in [-0.2, 0) is 4.74 Å². The number of unbranched alkanes of at least 4 members (excludes halogenated alkanes) is 2. The predicted octanol–water partition coefficient (Wildman–Crippen LogP) is 0.309. The molecule has 0 aliphatic heterocycles. The second-order valence-electron chi connectivity index (χ2n) is 3.74. The zero-order valence-electron chi connectivity index (χ0n) is 10.5. The van der Waals surface area contributed by atoms with Crippen LogP contribution in [-0.4, -0.2) is 36.1 Å². The fraction of sp³-hybridized carbons (Fsp3) is 0.545. The van der Waals surface area contributed by atoms with Gasteiger partial charge in [0.15, 0.2) is 5.82 Å². The fourth-order valence-corrected chi connectivity index (χ4v) is 1.39. The van der Waals surface area contributed by atoms with Crippen LogP contribution < -0.4 is 16.6 Å². The lowest BCUT2D eigenvalue weighted by atomic mass is 10.2. The second-order valence-corrected chi connectivity index (χ2v) is 3.74. The molecule has 7 nitrogen and oxygen atoms in total. The molecule has 1 amide bonds. The van der Waals surface area contributed by atoms with E-state index < -0.39 is 0 Å². The number of nitrogen functional groups attached to an aromatic ring is 1. The van der Waals surface area contributed by atoms with E-state index in [-0.39, 0.29) is 11.6 Å². The topological polar surface area (TPSA) is 102 Å². The minimum atomic E-state index is -0.244. The summed E-state index contributed by atoms with van der Waals surface area (Å²) in [4.78, 5) is 19.5. The molecule has 0 unspecified atom stereocenters. The lowest BCUT2D eigenvalue weighted by Crippen LogP contribution is -2.26. The van der Waals surface area contributed by atoms with E-state index >= 15 is 0 Å². The maximum atomic E-state index is 11.7. The Kier molecular flexibility index (Phi) is 6.67. The van der Waals surface area contributed by atoms with Crippen molar-refractivity contribution in [3.8, 4) is 0 Å². The number of nitrogens with one attached hydrogen (secondary N) is 2. The van der Waals surface area contributed by atoms with E-state index in [1.165, 1.54) is 12.4 Å². The Balaban J connectivity index is 2.27. The van der Waals surface area contributed by atoms with Crippen molar-refractivity contribution < 1.29 is 9.53 Å². The number of carbonyl (C=O) groups excluding carboxylic acids is 1. The molecule has 0 saturated heterocycles. The molecule has 18 heavy (non-hydrogen) atoms. The smallest absolute Gasteiger partial charge is 0.271 e. The Hall–Kier alpha value is -1.73. The van der Waals surface area contributed by atoms with E-state index in [9.17, 15) is 4.79 Å². The quantitative estimate of drug-likeness (QED) is 0.350. The average Bonchev–Trinajstić information content (AvgIpc) is 2.42. The summed E-state index contributed by atoms with van der Waals surface area (Å²) >= 11 is 0. The van der Waals surface area contributed by atoms with E-state index in [2.05, 4.69) is 20.7 Å². The minimum absolute atomic E-state index is 0.244. The van der Waals surface area contributed by atoms with Crippen LogP contribution in [0.3, 0.4) is 0 Å². The van der Waals surface area contributed by atoms with E-state index in [4.69, 9.17) is 10.6 Å². The van der Waals surface area contributed by atoms with Gasteiger partial charge in [-0.1, -0.05) is 0 Å². The number of nitrogens with two attached hydrogens (primary N) is 1. The van der Waals surface area contributed by atoms with Crippen LogP contribution in [0, 0.1) is 0 Å². The highest BCUT2D eigenvalue weighted by Gasteiger charge is 2.07. The molecule has 0 bridgehead atoms. The van der Waals surface area contributed by atoms with Gasteiger partial charge >= 0.3 is 0 Å². The van der Waals surface area contributed by atoms with Gasteiger partial charge in [0.1, 0.15) is 5.69 Å². The molecule has 0 atom stereocenters. The summed E-state index contributed by atoms with van der Waals surface area (Å²) in [7, 11) is 1.68. The van der Waals surface area contributed by atoms with Gasteiger partial charge in [-0.3, -0.25) is 9.78 Å². The summed E-state index contributed by atoms with van der Waals surface area (Å²) in [6.07, 6.45) is 5.78. The molecule has 1 rings (SSSR count). The Morgan fingerprint density at radius 3 is 2.94 bits per heavy atom. The molecule has 100 valence electrons. The van der Waals surface area contributed by atoms with Gasteiger partial charge in [-0.2, -0.15) is 0 Å². The number of methoxy groups -OCH3 is 1. The molecule has 0 fully saturated rings. The third-order valence-corrected chi connectivity index (χ3v) is 2.33. The van der Waals surface area contributed by atoms with Gasteiger partial charge in [0, 0.05) is 20.3 Å². The van der Waals surface area contributed by atoms with Gasteiger partial charge in [-0.25, -0.2) is 10.8 Å². The Morgan fingerprint density at radius 2 is 2.22 bits per heavy atom. The number of hydrogen-bond donors (Lipinski definition) is 3. The number of anilines is 1. The van der Waals surface area contributed by atoms with Crippen molar-refractivity contribution >= 4 is 11.7 Å². The van der Waals surface area contributed by atoms with E-state index in [1.54, 1.807) is 7.11 Å². The largest absolute Gasteiger partial charge is 0.385 e. The first kappa shape index (κ1) is 14.3. The Bertz CT molecular complexity index is 372. The summed E-state index contributed by atoms with van der Waals surface area (Å²) in [6.45, 7) is 1.37. The number of hydrogen-bond acceptors (Lipinski definition) is 6. The molecule has 1 aromatic rings. The van der Waals surface area contributed by atoms with Crippen LogP contribution in [0.25, 0.3) is 0 Å². The van der Waals surface area contributed by atoms with Crippen molar-refractivity contribution in [1.82, 2.24) is 15.3 Å². The molecule has 0 radical (unpaired) electrons. The highest BCUT2D eigenvalue weighted by molar-refractivity contribution is 5.92. The summed E-state index contributed by atoms with van der Waals surface area (Å²) in [5.74, 6) is 5.31. The van der Waals surface area contributed by atoms with Crippen molar-refractivity contribution in [2.24, 2.45) is 5.84 Å². The van der Waals surface area contributed by atoms with E-state index in [0.29, 0.717) is 12.4 Å². The van der Waals surface area contributed by atoms with Gasteiger partial charge in [0.2, 0.25) is 0 Å². The Labute approximate surface area is 106 Å². The summed E-state index contributed by atoms with van der Waals surface area (Å²) in [5.41, 5.74) is 2.60. The number of amides is 1. The molecule has 7 heteroatoms. The zero-order chi connectivity index (χ0) is 13.2. The number of hydrazine groups is 1. The molecular weight excluding hydrogens is 234 g/mol. The molecule has 0 aliphatic carbocycles. The lowest BCUT2D eigenvalue weighted by Gasteiger charge is -2.05. The van der Waals surface area contributed by atoms with Crippen molar-refractivity contribution in [3.63, 3.8) is 0 Å². The second kappa shape index (κ2) is 8.37. The SMILES string of the molecule is COCCCCCNC(=O)c1cncc(NN)n1. The molecular formula is C11H19N5O2. The molecule has 1 heterocycles. The summed E-state index contributed by atoms with van der Waals surface area (Å²) in [6, 6.07) is 0. The van der Waals surface area contributed by atoms with Gasteiger partial charge in [-0.15, -0.1) is 0 Å². The van der Waals surface area contributed by atoms with Gasteiger partial charge in [0.05, 0.1) is 12.4 Å². The van der Waals surface area contributed by atoms with Crippen LogP contribution >= 0.6 is 0 Å². The monoisotopic (exact) mass is 253 g/mol. The van der Waals surface area contributed by atoms with Crippen LogP contribution in [0.2, 0.25) is 0 Å². The molecule has 0 saturated carbocycles. The predicted molar refractivity (Wildman–Crippen MR) is 67.9 cm³/mol. The molecule has 1 aromatic heterocycles. The first-order valence-corrected chi connectivity index (χ1v) is 5.83. The lowest BCUT2D eigenvalue weighted by molar-refractivity contribution is 0.0947. The molecule has 4 N–H and O–H groups in total. The van der Waals surface area contributed by atoms with Gasteiger partial charge < -0.3 is 15.5 Å². The zero-order valence-corrected chi connectivity index (χ0v) is 10.5. The van der Waals surface area contributed by atoms with Crippen molar-refractivity contribution in [3.05, 3.63) is 18.1 Å². The number of rotatable bonds is 8. The average molecular weight is 253 g/mol. The van der Waals surface area contributed by atoms with E-state index in [0.717, 1.165) is 25.9 Å². The summed E-state index contributed by atoms with van der Waals surface area (Å²) < 4.78 is 4.94. The van der Waals surface area contributed by atoms with Crippen LogP contribution in [0.15, 0.2) is 12.4 Å². The van der Waals surface area contributed by atoms with E-state index in [1.807, 2.05) is 0 Å². The number of aromatic nitrogens is 2. The van der Waals surface area contributed by atoms with Gasteiger partial charge in [0.25, 0.3) is 5.91 Å². The fourth-order valence-electron chi connectivity index (χ4n) is 1.39.